The first-order valence-electron chi connectivity index (χ1n) is 6.42. The van der Waals surface area contributed by atoms with Crippen LogP contribution >= 0.6 is 0 Å². The Labute approximate surface area is 90.8 Å². The lowest BCUT2D eigenvalue weighted by molar-refractivity contribution is 0.468. The molecule has 14 heavy (non-hydrogen) atoms. The fraction of sp³-hybridized carbons (Fsp3) is 0.857. The summed E-state index contributed by atoms with van der Waals surface area (Å²) in [6.45, 7) is 9.18. The predicted octanol–water partition coefficient (Wildman–Crippen LogP) is 5.34. The van der Waals surface area contributed by atoms with E-state index in [1.807, 2.05) is 0 Å². The van der Waals surface area contributed by atoms with E-state index in [2.05, 4.69) is 33.8 Å². The summed E-state index contributed by atoms with van der Waals surface area (Å²) in [7, 11) is 0. The van der Waals surface area contributed by atoms with Gasteiger partial charge >= 0.3 is 0 Å². The molecule has 0 aliphatic carbocycles. The van der Waals surface area contributed by atoms with Gasteiger partial charge in [-0.05, 0) is 31.6 Å². The fourth-order valence-electron chi connectivity index (χ4n) is 2.03. The van der Waals surface area contributed by atoms with Gasteiger partial charge in [-0.1, -0.05) is 58.6 Å². The lowest BCUT2D eigenvalue weighted by Crippen LogP contribution is -1.94. The zero-order valence-electron chi connectivity index (χ0n) is 10.6. The Balaban J connectivity index is 3.55. The lowest BCUT2D eigenvalue weighted by Gasteiger charge is -2.10. The molecule has 0 nitrogen and oxygen atoms in total. The Morgan fingerprint density at radius 2 is 1.86 bits per heavy atom. The highest BCUT2D eigenvalue weighted by atomic mass is 14.1. The van der Waals surface area contributed by atoms with Crippen LogP contribution in [0.2, 0.25) is 0 Å². The van der Waals surface area contributed by atoms with Crippen molar-refractivity contribution in [1.82, 2.24) is 0 Å². The second kappa shape index (κ2) is 9.30. The average Bonchev–Trinajstić information content (AvgIpc) is 2.17. The molecule has 0 aliphatic heterocycles. The van der Waals surface area contributed by atoms with Crippen LogP contribution in [0.15, 0.2) is 11.6 Å². The minimum Gasteiger partial charge on any atom is -0.0856 e. The van der Waals surface area contributed by atoms with Crippen LogP contribution < -0.4 is 0 Å². The molecule has 0 N–H and O–H groups in total. The molecule has 0 heteroatoms. The van der Waals surface area contributed by atoms with Crippen molar-refractivity contribution in [2.24, 2.45) is 5.92 Å². The van der Waals surface area contributed by atoms with Gasteiger partial charge in [0.25, 0.3) is 0 Å². The zero-order chi connectivity index (χ0) is 10.8. The van der Waals surface area contributed by atoms with Crippen molar-refractivity contribution in [3.8, 4) is 0 Å². The highest BCUT2D eigenvalue weighted by molar-refractivity contribution is 5.00. The molecule has 0 heterocycles. The third kappa shape index (κ3) is 7.17. The summed E-state index contributed by atoms with van der Waals surface area (Å²) in [5.41, 5.74) is 1.66. The van der Waals surface area contributed by atoms with Gasteiger partial charge in [0.15, 0.2) is 0 Å². The van der Waals surface area contributed by atoms with Crippen LogP contribution in [0.3, 0.4) is 0 Å². The number of rotatable bonds is 8. The van der Waals surface area contributed by atoms with Crippen molar-refractivity contribution in [3.05, 3.63) is 11.6 Å². The third-order valence-electron chi connectivity index (χ3n) is 2.92. The minimum absolute atomic E-state index is 0.930. The molecule has 84 valence electrons. The molecule has 0 spiro atoms. The summed E-state index contributed by atoms with van der Waals surface area (Å²) in [6.07, 6.45) is 11.7. The van der Waals surface area contributed by atoms with Crippen molar-refractivity contribution in [2.45, 2.75) is 72.6 Å². The molecule has 0 aromatic carbocycles. The maximum Gasteiger partial charge on any atom is -0.0320 e. The van der Waals surface area contributed by atoms with E-state index < -0.39 is 0 Å². The molecular formula is C14H28. The van der Waals surface area contributed by atoms with Gasteiger partial charge in [-0.15, -0.1) is 0 Å². The van der Waals surface area contributed by atoms with E-state index in [4.69, 9.17) is 0 Å². The van der Waals surface area contributed by atoms with Crippen LogP contribution in [0.25, 0.3) is 0 Å². The van der Waals surface area contributed by atoms with Crippen molar-refractivity contribution in [3.63, 3.8) is 0 Å². The Hall–Kier alpha value is -0.260. The normalized spacial score (nSPS) is 14.4. The molecule has 1 atom stereocenters. The van der Waals surface area contributed by atoms with E-state index in [0.717, 1.165) is 5.92 Å². The largest absolute Gasteiger partial charge is 0.0856 e. The van der Waals surface area contributed by atoms with E-state index in [1.54, 1.807) is 5.57 Å². The first kappa shape index (κ1) is 13.7. The van der Waals surface area contributed by atoms with Gasteiger partial charge in [-0.25, -0.2) is 0 Å². The van der Waals surface area contributed by atoms with E-state index in [-0.39, 0.29) is 0 Å². The minimum atomic E-state index is 0.930. The SMILES string of the molecule is CCC=C(CC)CCCC(C)CCC. The van der Waals surface area contributed by atoms with Crippen LogP contribution in [-0.4, -0.2) is 0 Å². The zero-order valence-corrected chi connectivity index (χ0v) is 10.6. The quantitative estimate of drug-likeness (QED) is 0.460. The van der Waals surface area contributed by atoms with Crippen molar-refractivity contribution >= 4 is 0 Å². The topological polar surface area (TPSA) is 0 Å². The molecule has 0 aliphatic rings. The molecule has 0 amide bonds. The molecule has 0 bridgehead atoms. The summed E-state index contributed by atoms with van der Waals surface area (Å²) >= 11 is 0. The van der Waals surface area contributed by atoms with Crippen LogP contribution in [0.4, 0.5) is 0 Å². The molecule has 0 saturated carbocycles. The Morgan fingerprint density at radius 1 is 1.14 bits per heavy atom. The summed E-state index contributed by atoms with van der Waals surface area (Å²) in [4.78, 5) is 0. The van der Waals surface area contributed by atoms with Crippen LogP contribution in [-0.2, 0) is 0 Å². The van der Waals surface area contributed by atoms with Gasteiger partial charge in [0.2, 0.25) is 0 Å². The second-order valence-electron chi connectivity index (χ2n) is 4.41. The Kier molecular flexibility index (Phi) is 9.13. The van der Waals surface area contributed by atoms with Gasteiger partial charge in [0, 0.05) is 0 Å². The maximum absolute atomic E-state index is 2.41. The molecule has 0 saturated heterocycles. The summed E-state index contributed by atoms with van der Waals surface area (Å²) in [5, 5.41) is 0. The number of hydrogen-bond donors (Lipinski definition) is 0. The van der Waals surface area contributed by atoms with Crippen molar-refractivity contribution in [1.29, 1.82) is 0 Å². The highest BCUT2D eigenvalue weighted by Crippen LogP contribution is 2.18. The van der Waals surface area contributed by atoms with E-state index in [0.29, 0.717) is 0 Å². The third-order valence-corrected chi connectivity index (χ3v) is 2.92. The van der Waals surface area contributed by atoms with E-state index in [9.17, 15) is 0 Å². The van der Waals surface area contributed by atoms with Gasteiger partial charge < -0.3 is 0 Å². The Morgan fingerprint density at radius 3 is 2.36 bits per heavy atom. The van der Waals surface area contributed by atoms with Crippen molar-refractivity contribution in [2.75, 3.05) is 0 Å². The molecule has 0 fully saturated rings. The fourth-order valence-corrected chi connectivity index (χ4v) is 2.03. The van der Waals surface area contributed by atoms with Crippen LogP contribution in [0.5, 0.6) is 0 Å². The van der Waals surface area contributed by atoms with Crippen molar-refractivity contribution < 1.29 is 0 Å². The molecule has 0 radical (unpaired) electrons. The summed E-state index contributed by atoms with van der Waals surface area (Å²) in [6, 6.07) is 0. The monoisotopic (exact) mass is 196 g/mol. The first-order valence-corrected chi connectivity index (χ1v) is 6.42. The first-order chi connectivity index (χ1) is 6.74. The van der Waals surface area contributed by atoms with Gasteiger partial charge in [0.05, 0.1) is 0 Å². The summed E-state index contributed by atoms with van der Waals surface area (Å²) < 4.78 is 0. The molecule has 1 unspecified atom stereocenters. The second-order valence-corrected chi connectivity index (χ2v) is 4.41. The molecular weight excluding hydrogens is 168 g/mol. The molecule has 0 rings (SSSR count). The van der Waals surface area contributed by atoms with Gasteiger partial charge in [0.1, 0.15) is 0 Å². The van der Waals surface area contributed by atoms with Gasteiger partial charge in [-0.3, -0.25) is 0 Å². The predicted molar refractivity (Wildman–Crippen MR) is 66.6 cm³/mol. The maximum atomic E-state index is 2.41. The van der Waals surface area contributed by atoms with Crippen LogP contribution in [0.1, 0.15) is 72.6 Å². The van der Waals surface area contributed by atoms with Crippen LogP contribution in [0, 0.1) is 5.92 Å². The smallest absolute Gasteiger partial charge is 0.0320 e. The van der Waals surface area contributed by atoms with E-state index in [1.165, 1.54) is 44.9 Å². The molecule has 0 aromatic rings. The van der Waals surface area contributed by atoms with E-state index >= 15 is 0 Å². The summed E-state index contributed by atoms with van der Waals surface area (Å²) in [5.74, 6) is 0.930. The lowest BCUT2D eigenvalue weighted by atomic mass is 9.96. The highest BCUT2D eigenvalue weighted by Gasteiger charge is 2.01. The van der Waals surface area contributed by atoms with Gasteiger partial charge in [-0.2, -0.15) is 0 Å². The molecule has 0 aromatic heterocycles. The standard InChI is InChI=1S/C14H28/c1-5-9-13(4)11-8-12-14(7-3)10-6-2/h10,13H,5-9,11-12H2,1-4H3. The average molecular weight is 196 g/mol. The number of hydrogen-bond acceptors (Lipinski definition) is 0. The number of allylic oxidation sites excluding steroid dienone is 2. The Bertz CT molecular complexity index is 144.